The number of ether oxygens (including phenoxy) is 2. The third kappa shape index (κ3) is 6.93. The van der Waals surface area contributed by atoms with Gasteiger partial charge in [0.15, 0.2) is 0 Å². The van der Waals surface area contributed by atoms with E-state index in [2.05, 4.69) is 6.92 Å². The minimum absolute atomic E-state index is 0.0883. The summed E-state index contributed by atoms with van der Waals surface area (Å²) in [5.41, 5.74) is -0.0428. The van der Waals surface area contributed by atoms with Gasteiger partial charge in [-0.15, -0.1) is 0 Å². The van der Waals surface area contributed by atoms with Crippen LogP contribution in [0.5, 0.6) is 0 Å². The van der Waals surface area contributed by atoms with Crippen LogP contribution in [0, 0.1) is 0 Å². The Morgan fingerprint density at radius 2 is 1.45 bits per heavy atom. The van der Waals surface area contributed by atoms with Gasteiger partial charge >= 0.3 is 18.1 Å². The molecule has 0 bridgehead atoms. The molecule has 0 aromatic heterocycles. The maximum Gasteiger partial charge on any atom is 0.429 e. The molecule has 7 heteroatoms. The molecule has 0 amide bonds. The van der Waals surface area contributed by atoms with Crippen LogP contribution in [0.1, 0.15) is 65.0 Å². The highest BCUT2D eigenvalue weighted by Gasteiger charge is 2.44. The van der Waals surface area contributed by atoms with Gasteiger partial charge in [-0.1, -0.05) is 56.5 Å². The van der Waals surface area contributed by atoms with Crippen molar-refractivity contribution in [2.24, 2.45) is 0 Å². The second-order valence-electron chi connectivity index (χ2n) is 6.51. The van der Waals surface area contributed by atoms with Crippen molar-refractivity contribution < 1.29 is 32.2 Å². The number of carbonyl (C=O) groups excluding carboxylic acids is 2. The maximum absolute atomic E-state index is 13.3. The lowest BCUT2D eigenvalue weighted by Crippen LogP contribution is -2.26. The van der Waals surface area contributed by atoms with E-state index in [1.807, 2.05) is 0 Å². The minimum Gasteiger partial charge on any atom is -0.462 e. The van der Waals surface area contributed by atoms with Gasteiger partial charge < -0.3 is 9.47 Å². The Bertz CT molecular complexity index is 786. The standard InChI is InChI=1S/C22H23F3O4/c1-2-3-4-8-15-28-20(26)17-11-13-18(14-12-17)21(27)29-19(22(23,24)25)16-9-6-5-7-10-16/h5-7,9-14,19H,2-4,8,15H2,1H3. The van der Waals surface area contributed by atoms with E-state index in [1.54, 1.807) is 6.07 Å². The van der Waals surface area contributed by atoms with E-state index >= 15 is 0 Å². The van der Waals surface area contributed by atoms with Gasteiger partial charge in [0.1, 0.15) is 0 Å². The van der Waals surface area contributed by atoms with E-state index in [4.69, 9.17) is 9.47 Å². The molecule has 0 heterocycles. The Kier molecular flexibility index (Phi) is 8.24. The summed E-state index contributed by atoms with van der Waals surface area (Å²) in [6.45, 7) is 2.38. The van der Waals surface area contributed by atoms with Gasteiger partial charge in [0.05, 0.1) is 17.7 Å². The van der Waals surface area contributed by atoms with Crippen LogP contribution in [-0.4, -0.2) is 24.7 Å². The molecule has 2 aromatic rings. The minimum atomic E-state index is -4.75. The Balaban J connectivity index is 1.99. The number of halogens is 3. The summed E-state index contributed by atoms with van der Waals surface area (Å²) < 4.78 is 49.8. The van der Waals surface area contributed by atoms with E-state index in [9.17, 15) is 22.8 Å². The fourth-order valence-corrected chi connectivity index (χ4v) is 2.65. The molecule has 0 N–H and O–H groups in total. The molecule has 1 unspecified atom stereocenters. The zero-order chi connectivity index (χ0) is 21.3. The van der Waals surface area contributed by atoms with Gasteiger partial charge in [-0.2, -0.15) is 13.2 Å². The average molecular weight is 408 g/mol. The molecule has 0 saturated heterocycles. The molecular formula is C22H23F3O4. The van der Waals surface area contributed by atoms with Crippen LogP contribution in [-0.2, 0) is 9.47 Å². The molecule has 0 aliphatic carbocycles. The molecule has 0 radical (unpaired) electrons. The van der Waals surface area contributed by atoms with Gasteiger partial charge in [-0.05, 0) is 30.7 Å². The predicted octanol–water partition coefficient (Wildman–Crippen LogP) is 5.88. The molecule has 29 heavy (non-hydrogen) atoms. The predicted molar refractivity (Wildman–Crippen MR) is 102 cm³/mol. The fraction of sp³-hybridized carbons (Fsp3) is 0.364. The summed E-state index contributed by atoms with van der Waals surface area (Å²) in [5.74, 6) is -1.67. The van der Waals surface area contributed by atoms with Crippen molar-refractivity contribution in [1.29, 1.82) is 0 Å². The normalized spacial score (nSPS) is 12.3. The fourth-order valence-electron chi connectivity index (χ4n) is 2.65. The molecule has 0 fully saturated rings. The maximum atomic E-state index is 13.3. The van der Waals surface area contributed by atoms with Crippen molar-refractivity contribution in [3.05, 3.63) is 71.3 Å². The summed E-state index contributed by atoms with van der Waals surface area (Å²) in [4.78, 5) is 24.2. The molecule has 2 aromatic carbocycles. The first-order chi connectivity index (χ1) is 13.8. The van der Waals surface area contributed by atoms with Gasteiger partial charge in [0.25, 0.3) is 0 Å². The second kappa shape index (κ2) is 10.6. The molecule has 2 rings (SSSR count). The zero-order valence-corrected chi connectivity index (χ0v) is 16.1. The number of carbonyl (C=O) groups is 2. The highest BCUT2D eigenvalue weighted by Crippen LogP contribution is 2.36. The topological polar surface area (TPSA) is 52.6 Å². The Morgan fingerprint density at radius 3 is 2.00 bits per heavy atom. The van der Waals surface area contributed by atoms with Crippen molar-refractivity contribution in [1.82, 2.24) is 0 Å². The Hall–Kier alpha value is -2.83. The number of alkyl halides is 3. The van der Waals surface area contributed by atoms with Crippen LogP contribution >= 0.6 is 0 Å². The third-order valence-electron chi connectivity index (χ3n) is 4.21. The quantitative estimate of drug-likeness (QED) is 0.384. The van der Waals surface area contributed by atoms with Crippen LogP contribution in [0.15, 0.2) is 54.6 Å². The van der Waals surface area contributed by atoms with E-state index in [0.717, 1.165) is 25.7 Å². The van der Waals surface area contributed by atoms with Crippen molar-refractivity contribution >= 4 is 11.9 Å². The molecule has 156 valence electrons. The van der Waals surface area contributed by atoms with E-state index in [-0.39, 0.29) is 16.7 Å². The number of esters is 2. The second-order valence-corrected chi connectivity index (χ2v) is 6.51. The first-order valence-corrected chi connectivity index (χ1v) is 9.42. The highest BCUT2D eigenvalue weighted by atomic mass is 19.4. The van der Waals surface area contributed by atoms with Crippen molar-refractivity contribution in [3.63, 3.8) is 0 Å². The van der Waals surface area contributed by atoms with Crippen LogP contribution in [0.3, 0.4) is 0 Å². The van der Waals surface area contributed by atoms with Crippen LogP contribution in [0.2, 0.25) is 0 Å². The third-order valence-corrected chi connectivity index (χ3v) is 4.21. The molecule has 1 atom stereocenters. The highest BCUT2D eigenvalue weighted by molar-refractivity contribution is 5.93. The lowest BCUT2D eigenvalue weighted by Gasteiger charge is -2.21. The van der Waals surface area contributed by atoms with Crippen LogP contribution in [0.4, 0.5) is 13.2 Å². The molecule has 0 aliphatic rings. The molecular weight excluding hydrogens is 385 g/mol. The van der Waals surface area contributed by atoms with E-state index < -0.39 is 24.2 Å². The number of rotatable bonds is 9. The lowest BCUT2D eigenvalue weighted by atomic mass is 10.1. The van der Waals surface area contributed by atoms with Crippen LogP contribution in [0.25, 0.3) is 0 Å². The number of hydrogen-bond donors (Lipinski definition) is 0. The van der Waals surface area contributed by atoms with Crippen LogP contribution < -0.4 is 0 Å². The number of benzene rings is 2. The summed E-state index contributed by atoms with van der Waals surface area (Å²) in [5, 5.41) is 0. The summed E-state index contributed by atoms with van der Waals surface area (Å²) in [7, 11) is 0. The summed E-state index contributed by atoms with van der Waals surface area (Å²) >= 11 is 0. The van der Waals surface area contributed by atoms with Crippen molar-refractivity contribution in [2.75, 3.05) is 6.61 Å². The average Bonchev–Trinajstić information content (AvgIpc) is 2.71. The van der Waals surface area contributed by atoms with Crippen molar-refractivity contribution in [2.45, 2.75) is 44.9 Å². The van der Waals surface area contributed by atoms with E-state index in [0.29, 0.717) is 6.61 Å². The molecule has 0 aliphatic heterocycles. The number of hydrogen-bond acceptors (Lipinski definition) is 4. The SMILES string of the molecule is CCCCCCOC(=O)c1ccc(C(=O)OC(c2ccccc2)C(F)(F)F)cc1. The largest absolute Gasteiger partial charge is 0.462 e. The lowest BCUT2D eigenvalue weighted by molar-refractivity contribution is -0.207. The van der Waals surface area contributed by atoms with Gasteiger partial charge in [-0.25, -0.2) is 9.59 Å². The number of unbranched alkanes of at least 4 members (excludes halogenated alkanes) is 3. The summed E-state index contributed by atoms with van der Waals surface area (Å²) in [6, 6.07) is 12.1. The first kappa shape index (κ1) is 22.5. The molecule has 0 saturated carbocycles. The smallest absolute Gasteiger partial charge is 0.429 e. The first-order valence-electron chi connectivity index (χ1n) is 9.42. The van der Waals surface area contributed by atoms with Gasteiger partial charge in [0, 0.05) is 5.56 Å². The van der Waals surface area contributed by atoms with Gasteiger partial charge in [-0.3, -0.25) is 0 Å². The van der Waals surface area contributed by atoms with Gasteiger partial charge in [0.2, 0.25) is 6.10 Å². The summed E-state index contributed by atoms with van der Waals surface area (Å²) in [6.07, 6.45) is -3.25. The molecule has 4 nitrogen and oxygen atoms in total. The Labute approximate surface area is 167 Å². The van der Waals surface area contributed by atoms with Crippen molar-refractivity contribution in [3.8, 4) is 0 Å². The monoisotopic (exact) mass is 408 g/mol. The molecule has 0 spiro atoms. The Morgan fingerprint density at radius 1 is 0.862 bits per heavy atom. The zero-order valence-electron chi connectivity index (χ0n) is 16.1. The van der Waals surface area contributed by atoms with E-state index in [1.165, 1.54) is 48.5 Å².